The number of nitrogens with zero attached hydrogens (tertiary/aromatic N) is 2. The van der Waals surface area contributed by atoms with Crippen molar-refractivity contribution < 1.29 is 0 Å². The van der Waals surface area contributed by atoms with Crippen molar-refractivity contribution in [3.05, 3.63) is 114 Å². The maximum Gasteiger partial charge on any atom is 0.333 e. The quantitative estimate of drug-likeness (QED) is 0.153. The summed E-state index contributed by atoms with van der Waals surface area (Å²) in [7, 11) is 0. The molecule has 6 aromatic carbocycles. The average molecular weight is 847 g/mol. The second-order valence-corrected chi connectivity index (χ2v) is 24.8. The molecule has 0 amide bonds. The molecule has 4 atom stereocenters. The van der Waals surface area contributed by atoms with E-state index in [1.165, 1.54) is 173 Å². The van der Waals surface area contributed by atoms with Crippen LogP contribution in [0.15, 0.2) is 103 Å². The lowest BCUT2D eigenvalue weighted by Gasteiger charge is -2.57. The van der Waals surface area contributed by atoms with Gasteiger partial charge in [-0.1, -0.05) is 60.7 Å². The van der Waals surface area contributed by atoms with Gasteiger partial charge in [0.2, 0.25) is 0 Å². The lowest BCUT2D eigenvalue weighted by atomic mass is 9.45. The SMILES string of the molecule is c1ccc2c(c1)sc1c3c4c(cc12)-c1cc(C25CCC6CC(CC6C2)C5)cc2c5cc(C67CC8CC(CC(C8)C6)C7)ccc5n(c12)B4c1cccc2c4sc5ccccc5c4n-3c12. The van der Waals surface area contributed by atoms with E-state index < -0.39 is 0 Å². The number of hydrogen-bond donors (Lipinski definition) is 0. The van der Waals surface area contributed by atoms with Gasteiger partial charge in [0, 0.05) is 58.3 Å². The van der Waals surface area contributed by atoms with E-state index in [1.807, 2.05) is 22.7 Å². The smallest absolute Gasteiger partial charge is 0.333 e. The first-order chi connectivity index (χ1) is 31.1. The Hall–Kier alpha value is -4.84. The molecule has 19 rings (SSSR count). The molecule has 7 bridgehead atoms. The summed E-state index contributed by atoms with van der Waals surface area (Å²) in [6.45, 7) is 0.0963. The van der Waals surface area contributed by atoms with Gasteiger partial charge in [-0.25, -0.2) is 0 Å². The fourth-order valence-electron chi connectivity index (χ4n) is 18.0. The number of hydrogen-bond acceptors (Lipinski definition) is 2. The van der Waals surface area contributed by atoms with Crippen LogP contribution in [0.25, 0.3) is 90.0 Å². The third kappa shape index (κ3) is 3.90. The fourth-order valence-corrected chi connectivity index (χ4v) is 20.5. The van der Waals surface area contributed by atoms with E-state index in [2.05, 4.69) is 112 Å². The molecule has 7 aliphatic carbocycles. The minimum Gasteiger partial charge on any atom is -0.375 e. The highest BCUT2D eigenvalue weighted by Crippen LogP contribution is 2.64. The van der Waals surface area contributed by atoms with Crippen LogP contribution in [0.4, 0.5) is 0 Å². The van der Waals surface area contributed by atoms with Gasteiger partial charge >= 0.3 is 6.85 Å². The third-order valence-corrected chi connectivity index (χ3v) is 22.2. The zero-order chi connectivity index (χ0) is 40.2. The molecule has 0 saturated heterocycles. The molecule has 4 unspecified atom stereocenters. The van der Waals surface area contributed by atoms with Crippen LogP contribution in [0.2, 0.25) is 0 Å². The van der Waals surface area contributed by atoms with Crippen LogP contribution < -0.4 is 10.9 Å². The molecular formula is C58H47BN2S2. The van der Waals surface area contributed by atoms with E-state index in [0.29, 0.717) is 10.8 Å². The van der Waals surface area contributed by atoms with E-state index in [4.69, 9.17) is 0 Å². The molecule has 2 nitrogen and oxygen atoms in total. The third-order valence-electron chi connectivity index (χ3n) is 19.8. The molecule has 0 N–H and O–H groups in total. The maximum absolute atomic E-state index is 2.90. The van der Waals surface area contributed by atoms with Crippen molar-refractivity contribution in [1.82, 2.24) is 9.05 Å². The molecule has 9 aliphatic rings. The summed E-state index contributed by atoms with van der Waals surface area (Å²) in [6, 6.07) is 42.2. The number of aromatic nitrogens is 2. The Morgan fingerprint density at radius 1 is 0.508 bits per heavy atom. The molecular weight excluding hydrogens is 800 g/mol. The number of thiophene rings is 2. The van der Waals surface area contributed by atoms with E-state index in [1.54, 1.807) is 16.5 Å². The summed E-state index contributed by atoms with van der Waals surface area (Å²) >= 11 is 4.02. The number of para-hydroxylation sites is 1. The molecule has 63 heavy (non-hydrogen) atoms. The first-order valence-electron chi connectivity index (χ1n) is 24.6. The largest absolute Gasteiger partial charge is 0.375 e. The molecule has 2 aliphatic heterocycles. The van der Waals surface area contributed by atoms with Crippen molar-refractivity contribution in [3.63, 3.8) is 0 Å². The number of fused-ring (bicyclic) bond motifs is 18. The van der Waals surface area contributed by atoms with Gasteiger partial charge in [0.25, 0.3) is 0 Å². The summed E-state index contributed by atoms with van der Waals surface area (Å²) in [5, 5.41) is 8.71. The van der Waals surface area contributed by atoms with Gasteiger partial charge in [0.15, 0.2) is 0 Å². The molecule has 0 radical (unpaired) electrons. The topological polar surface area (TPSA) is 9.86 Å². The van der Waals surface area contributed by atoms with Crippen molar-refractivity contribution in [2.45, 2.75) is 87.9 Å². The minimum atomic E-state index is 0.0963. The average Bonchev–Trinajstić information content (AvgIpc) is 4.08. The highest BCUT2D eigenvalue weighted by molar-refractivity contribution is 7.27. The Morgan fingerprint density at radius 2 is 1.22 bits per heavy atom. The van der Waals surface area contributed by atoms with Crippen molar-refractivity contribution in [1.29, 1.82) is 0 Å². The van der Waals surface area contributed by atoms with Gasteiger partial charge < -0.3 is 9.05 Å². The zero-order valence-corrected chi connectivity index (χ0v) is 37.2. The van der Waals surface area contributed by atoms with E-state index >= 15 is 0 Å². The Bertz CT molecular complexity index is 3760. The molecule has 0 spiro atoms. The van der Waals surface area contributed by atoms with E-state index in [9.17, 15) is 0 Å². The molecule has 4 aromatic heterocycles. The van der Waals surface area contributed by atoms with Gasteiger partial charge in [0.1, 0.15) is 0 Å². The highest BCUT2D eigenvalue weighted by atomic mass is 32.1. The fraction of sp³-hybridized carbons (Fsp3) is 0.345. The molecule has 10 aromatic rings. The molecule has 7 fully saturated rings. The van der Waals surface area contributed by atoms with Crippen LogP contribution in [0, 0.1) is 35.5 Å². The van der Waals surface area contributed by atoms with E-state index in [0.717, 1.165) is 35.5 Å². The second kappa shape index (κ2) is 11.0. The number of rotatable bonds is 2. The normalized spacial score (nSPS) is 30.5. The molecule has 304 valence electrons. The van der Waals surface area contributed by atoms with Crippen LogP contribution in [-0.2, 0) is 10.8 Å². The van der Waals surface area contributed by atoms with Crippen LogP contribution >= 0.6 is 22.7 Å². The van der Waals surface area contributed by atoms with Gasteiger partial charge in [-0.3, -0.25) is 0 Å². The van der Waals surface area contributed by atoms with Gasteiger partial charge in [-0.15, -0.1) is 22.7 Å². The standard InChI is InChI=1S/C58H47BN2S2/c1-3-10-48-38(6-1)45-24-42-44-23-37(57-15-14-34-19-33(25-57)20-35(34)29-57)22-43-41-21-36(58-26-30-16-31(27-58)18-32(17-30)28-58)12-13-47(41)61(51(43)44)59-46-9-5-8-40-52(46)60(54(50(42)59)56(45)62-48)53-39-7-2-4-11-49(39)63-55(40)53/h1-13,21-24,30-35H,14-20,25-29H2. The highest BCUT2D eigenvalue weighted by Gasteiger charge is 2.54. The first kappa shape index (κ1) is 33.6. The summed E-state index contributed by atoms with van der Waals surface area (Å²) in [5.74, 6) is 5.63. The van der Waals surface area contributed by atoms with Crippen LogP contribution in [0.5, 0.6) is 0 Å². The van der Waals surface area contributed by atoms with Gasteiger partial charge in [0.05, 0.1) is 26.1 Å². The number of benzene rings is 6. The minimum absolute atomic E-state index is 0.0963. The monoisotopic (exact) mass is 846 g/mol. The van der Waals surface area contributed by atoms with Crippen LogP contribution in [-0.4, -0.2) is 15.9 Å². The van der Waals surface area contributed by atoms with Crippen LogP contribution in [0.3, 0.4) is 0 Å². The van der Waals surface area contributed by atoms with Crippen LogP contribution in [0.1, 0.15) is 88.2 Å². The van der Waals surface area contributed by atoms with Crippen molar-refractivity contribution in [2.75, 3.05) is 0 Å². The van der Waals surface area contributed by atoms with Gasteiger partial charge in [-0.2, -0.15) is 0 Å². The van der Waals surface area contributed by atoms with Crippen molar-refractivity contribution >= 4 is 114 Å². The predicted molar refractivity (Wildman–Crippen MR) is 268 cm³/mol. The Kier molecular flexibility index (Phi) is 5.86. The summed E-state index contributed by atoms with van der Waals surface area (Å²) < 4.78 is 11.3. The summed E-state index contributed by atoms with van der Waals surface area (Å²) in [6.07, 6.45) is 17.3. The van der Waals surface area contributed by atoms with Crippen molar-refractivity contribution in [3.8, 4) is 16.8 Å². The predicted octanol–water partition coefficient (Wildman–Crippen LogP) is 14.4. The van der Waals surface area contributed by atoms with Crippen molar-refractivity contribution in [2.24, 2.45) is 35.5 Å². The lowest BCUT2D eigenvalue weighted by Crippen LogP contribution is -2.55. The van der Waals surface area contributed by atoms with E-state index in [-0.39, 0.29) is 6.85 Å². The molecule has 6 heterocycles. The first-order valence-corrected chi connectivity index (χ1v) is 26.3. The zero-order valence-electron chi connectivity index (χ0n) is 35.6. The lowest BCUT2D eigenvalue weighted by molar-refractivity contribution is -0.00512. The summed E-state index contributed by atoms with van der Waals surface area (Å²) in [5.41, 5.74) is 17.2. The maximum atomic E-state index is 2.90. The Morgan fingerprint density at radius 3 is 2.08 bits per heavy atom. The Labute approximate surface area is 375 Å². The molecule has 5 heteroatoms. The van der Waals surface area contributed by atoms with Gasteiger partial charge in [-0.05, 0) is 193 Å². The summed E-state index contributed by atoms with van der Waals surface area (Å²) in [4.78, 5) is 0. The second-order valence-electron chi connectivity index (χ2n) is 22.7. The Balaban J connectivity index is 1.01. The molecule has 7 saturated carbocycles.